The highest BCUT2D eigenvalue weighted by Gasteiger charge is 2.24. The molecule has 0 amide bonds. The molecule has 0 bridgehead atoms. The lowest BCUT2D eigenvalue weighted by molar-refractivity contribution is 0.342. The summed E-state index contributed by atoms with van der Waals surface area (Å²) in [7, 11) is 0. The molecule has 3 aromatic rings. The third-order valence-corrected chi connectivity index (χ3v) is 4.99. The second-order valence-electron chi connectivity index (χ2n) is 6.65. The number of ether oxygens (including phenoxy) is 1. The van der Waals surface area contributed by atoms with E-state index in [0.717, 1.165) is 18.4 Å². The molecule has 1 N–H and O–H groups in total. The van der Waals surface area contributed by atoms with Gasteiger partial charge in [0.2, 0.25) is 5.43 Å². The highest BCUT2D eigenvalue weighted by Crippen LogP contribution is 2.33. The predicted molar refractivity (Wildman–Crippen MR) is 104 cm³/mol. The highest BCUT2D eigenvalue weighted by atomic mass is 16.5. The largest absolute Gasteiger partial charge is 0.492 e. The number of benzene rings is 2. The van der Waals surface area contributed by atoms with E-state index in [0.29, 0.717) is 29.3 Å². The second kappa shape index (κ2) is 6.79. The van der Waals surface area contributed by atoms with Crippen molar-refractivity contribution >= 4 is 11.4 Å². The van der Waals surface area contributed by atoms with Gasteiger partial charge in [0.1, 0.15) is 11.4 Å². The molecule has 0 saturated carbocycles. The van der Waals surface area contributed by atoms with E-state index in [-0.39, 0.29) is 0 Å². The van der Waals surface area contributed by atoms with E-state index in [1.165, 1.54) is 24.0 Å². The van der Waals surface area contributed by atoms with E-state index in [2.05, 4.69) is 17.4 Å². The van der Waals surface area contributed by atoms with Gasteiger partial charge in [-0.1, -0.05) is 30.3 Å². The summed E-state index contributed by atoms with van der Waals surface area (Å²) >= 11 is 0. The van der Waals surface area contributed by atoms with Gasteiger partial charge in [-0.25, -0.2) is 0 Å². The fraction of sp³-hybridized carbons (Fsp3) is 0.273. The zero-order valence-corrected chi connectivity index (χ0v) is 14.8. The van der Waals surface area contributed by atoms with Crippen LogP contribution in [0.4, 0.5) is 11.4 Å². The Morgan fingerprint density at radius 1 is 0.962 bits per heavy atom. The average Bonchev–Trinajstić information content (AvgIpc) is 2.68. The summed E-state index contributed by atoms with van der Waals surface area (Å²) in [6.07, 6.45) is 4.52. The Labute approximate surface area is 152 Å². The molecule has 0 aromatic heterocycles. The molecule has 4 rings (SSSR count). The lowest BCUT2D eigenvalue weighted by Gasteiger charge is -2.19. The van der Waals surface area contributed by atoms with Gasteiger partial charge in [-0.3, -0.25) is 9.59 Å². The summed E-state index contributed by atoms with van der Waals surface area (Å²) in [5.74, 6) is 0.666. The quantitative estimate of drug-likeness (QED) is 0.710. The molecule has 132 valence electrons. The lowest BCUT2D eigenvalue weighted by Crippen LogP contribution is -2.35. The number of fused-ring (bicyclic) bond motifs is 1. The molecule has 0 spiro atoms. The predicted octanol–water partition coefficient (Wildman–Crippen LogP) is 3.97. The van der Waals surface area contributed by atoms with Crippen LogP contribution in [0.25, 0.3) is 11.1 Å². The molecular weight excluding hydrogens is 326 g/mol. The van der Waals surface area contributed by atoms with Crippen molar-refractivity contribution in [1.29, 1.82) is 0 Å². The summed E-state index contributed by atoms with van der Waals surface area (Å²) in [5.41, 5.74) is 4.12. The van der Waals surface area contributed by atoms with E-state index in [4.69, 9.17) is 4.74 Å². The fourth-order valence-corrected chi connectivity index (χ4v) is 3.66. The minimum Gasteiger partial charge on any atom is -0.492 e. The number of nitrogens with one attached hydrogen (secondary N) is 1. The van der Waals surface area contributed by atoms with Crippen molar-refractivity contribution in [3.05, 3.63) is 74.0 Å². The van der Waals surface area contributed by atoms with Gasteiger partial charge < -0.3 is 10.1 Å². The maximum Gasteiger partial charge on any atom is 0.250 e. The number of hydrogen-bond donors (Lipinski definition) is 1. The van der Waals surface area contributed by atoms with Crippen LogP contribution in [-0.2, 0) is 12.8 Å². The van der Waals surface area contributed by atoms with Gasteiger partial charge in [-0.15, -0.1) is 0 Å². The van der Waals surface area contributed by atoms with E-state index in [1.54, 1.807) is 0 Å². The Morgan fingerprint density at radius 3 is 2.54 bits per heavy atom. The van der Waals surface area contributed by atoms with Crippen LogP contribution in [0, 0.1) is 0 Å². The zero-order valence-electron chi connectivity index (χ0n) is 14.8. The van der Waals surface area contributed by atoms with Crippen LogP contribution >= 0.6 is 0 Å². The highest BCUT2D eigenvalue weighted by molar-refractivity contribution is 5.86. The molecule has 4 heteroatoms. The van der Waals surface area contributed by atoms with Crippen LogP contribution in [-0.4, -0.2) is 6.61 Å². The maximum atomic E-state index is 12.3. The molecule has 1 aliphatic rings. The smallest absolute Gasteiger partial charge is 0.250 e. The first-order valence-electron chi connectivity index (χ1n) is 9.13. The van der Waals surface area contributed by atoms with Gasteiger partial charge >= 0.3 is 0 Å². The van der Waals surface area contributed by atoms with Crippen molar-refractivity contribution in [2.45, 2.75) is 32.6 Å². The van der Waals surface area contributed by atoms with Crippen molar-refractivity contribution in [2.24, 2.45) is 0 Å². The summed E-state index contributed by atoms with van der Waals surface area (Å²) in [6.45, 7) is 2.44. The number of anilines is 2. The molecule has 26 heavy (non-hydrogen) atoms. The van der Waals surface area contributed by atoms with Gasteiger partial charge in [0.25, 0.3) is 5.43 Å². The molecule has 0 heterocycles. The van der Waals surface area contributed by atoms with Crippen molar-refractivity contribution in [3.63, 3.8) is 0 Å². The normalized spacial score (nSPS) is 13.4. The third kappa shape index (κ3) is 2.81. The Morgan fingerprint density at radius 2 is 1.73 bits per heavy atom. The minimum absolute atomic E-state index is 0.359. The van der Waals surface area contributed by atoms with Crippen molar-refractivity contribution in [1.82, 2.24) is 0 Å². The van der Waals surface area contributed by atoms with Crippen molar-refractivity contribution in [3.8, 4) is 16.9 Å². The molecule has 0 radical (unpaired) electrons. The first-order valence-corrected chi connectivity index (χ1v) is 9.13. The van der Waals surface area contributed by atoms with Crippen LogP contribution in [0.3, 0.4) is 0 Å². The SMILES string of the molecule is CCOc1ccccc1Nc1c(-c2ccc3c(c2)CCCC3)c(=O)c1=O. The van der Waals surface area contributed by atoms with Crippen LogP contribution in [0.2, 0.25) is 0 Å². The fourth-order valence-electron chi connectivity index (χ4n) is 3.66. The summed E-state index contributed by atoms with van der Waals surface area (Å²) < 4.78 is 5.60. The molecule has 3 aromatic carbocycles. The topological polar surface area (TPSA) is 55.4 Å². The molecule has 0 atom stereocenters. The Balaban J connectivity index is 1.72. The van der Waals surface area contributed by atoms with E-state index in [9.17, 15) is 9.59 Å². The first kappa shape index (κ1) is 16.6. The van der Waals surface area contributed by atoms with E-state index in [1.807, 2.05) is 37.3 Å². The van der Waals surface area contributed by atoms with Gasteiger partial charge in [0, 0.05) is 0 Å². The summed E-state index contributed by atoms with van der Waals surface area (Å²) in [5, 5.41) is 3.12. The second-order valence-corrected chi connectivity index (χ2v) is 6.65. The van der Waals surface area contributed by atoms with Gasteiger partial charge in [-0.05, 0) is 61.4 Å². The van der Waals surface area contributed by atoms with Crippen LogP contribution in [0.15, 0.2) is 52.1 Å². The molecule has 0 unspecified atom stereocenters. The lowest BCUT2D eigenvalue weighted by atomic mass is 9.88. The van der Waals surface area contributed by atoms with Gasteiger partial charge in [0.05, 0.1) is 17.9 Å². The average molecular weight is 347 g/mol. The van der Waals surface area contributed by atoms with E-state index >= 15 is 0 Å². The third-order valence-electron chi connectivity index (χ3n) is 4.99. The standard InChI is InChI=1S/C22H21NO3/c1-2-26-18-10-6-5-9-17(18)23-20-19(21(24)22(20)25)16-12-11-14-7-3-4-8-15(14)13-16/h5-6,9-13,23H,2-4,7-8H2,1H3. The van der Waals surface area contributed by atoms with E-state index < -0.39 is 10.9 Å². The molecule has 1 aliphatic carbocycles. The molecule has 0 aliphatic heterocycles. The van der Waals surface area contributed by atoms with Crippen LogP contribution in [0.5, 0.6) is 5.75 Å². The maximum absolute atomic E-state index is 12.3. The molecular formula is C22H21NO3. The van der Waals surface area contributed by atoms with Crippen LogP contribution < -0.4 is 20.9 Å². The molecule has 0 saturated heterocycles. The molecule has 4 nitrogen and oxygen atoms in total. The number of hydrogen-bond acceptors (Lipinski definition) is 4. The molecule has 0 fully saturated rings. The van der Waals surface area contributed by atoms with Crippen LogP contribution in [0.1, 0.15) is 30.9 Å². The summed E-state index contributed by atoms with van der Waals surface area (Å²) in [4.78, 5) is 24.5. The number of para-hydroxylation sites is 2. The number of rotatable bonds is 5. The Hall–Kier alpha value is -2.88. The van der Waals surface area contributed by atoms with Gasteiger partial charge in [-0.2, -0.15) is 0 Å². The Kier molecular flexibility index (Phi) is 4.33. The summed E-state index contributed by atoms with van der Waals surface area (Å²) in [6, 6.07) is 13.6. The number of aryl methyl sites for hydroxylation is 2. The van der Waals surface area contributed by atoms with Crippen molar-refractivity contribution < 1.29 is 4.74 Å². The van der Waals surface area contributed by atoms with Crippen molar-refractivity contribution in [2.75, 3.05) is 11.9 Å². The first-order chi connectivity index (χ1) is 12.7. The monoisotopic (exact) mass is 347 g/mol. The Bertz CT molecular complexity index is 1030. The minimum atomic E-state index is -0.468. The van der Waals surface area contributed by atoms with Gasteiger partial charge in [0.15, 0.2) is 0 Å². The zero-order chi connectivity index (χ0) is 18.1.